The first kappa shape index (κ1) is 15.9. The van der Waals surface area contributed by atoms with Gasteiger partial charge in [-0.15, -0.1) is 0 Å². The van der Waals surface area contributed by atoms with Crippen molar-refractivity contribution in [1.29, 1.82) is 0 Å². The van der Waals surface area contributed by atoms with Gasteiger partial charge < -0.3 is 10.4 Å². The van der Waals surface area contributed by atoms with Crippen LogP contribution in [0.1, 0.15) is 49.8 Å². The van der Waals surface area contributed by atoms with Gasteiger partial charge in [0, 0.05) is 17.7 Å². The molecule has 3 atom stereocenters. The van der Waals surface area contributed by atoms with Crippen molar-refractivity contribution in [2.45, 2.75) is 51.7 Å². The SMILES string of the molecule is Cc1ccc(C(C)NCC2CCCC(O)C2)cc1[N+](=O)[O-]. The van der Waals surface area contributed by atoms with Crippen LogP contribution in [0.15, 0.2) is 18.2 Å². The maximum atomic E-state index is 11.0. The van der Waals surface area contributed by atoms with E-state index < -0.39 is 0 Å². The molecule has 2 N–H and O–H groups in total. The topological polar surface area (TPSA) is 75.4 Å². The number of nitro groups is 1. The van der Waals surface area contributed by atoms with Crippen molar-refractivity contribution in [2.24, 2.45) is 5.92 Å². The Morgan fingerprint density at radius 2 is 2.24 bits per heavy atom. The fourth-order valence-corrected chi connectivity index (χ4v) is 3.00. The maximum Gasteiger partial charge on any atom is 0.272 e. The number of hydrogen-bond acceptors (Lipinski definition) is 4. The van der Waals surface area contributed by atoms with Crippen molar-refractivity contribution in [2.75, 3.05) is 6.54 Å². The maximum absolute atomic E-state index is 11.0. The smallest absolute Gasteiger partial charge is 0.272 e. The van der Waals surface area contributed by atoms with Crippen LogP contribution in [0.25, 0.3) is 0 Å². The summed E-state index contributed by atoms with van der Waals surface area (Å²) in [4.78, 5) is 10.7. The van der Waals surface area contributed by atoms with E-state index in [0.29, 0.717) is 11.5 Å². The van der Waals surface area contributed by atoms with Gasteiger partial charge in [-0.25, -0.2) is 0 Å². The first-order valence-corrected chi connectivity index (χ1v) is 7.63. The van der Waals surface area contributed by atoms with Crippen LogP contribution in [0.5, 0.6) is 0 Å². The van der Waals surface area contributed by atoms with Crippen molar-refractivity contribution < 1.29 is 10.0 Å². The van der Waals surface area contributed by atoms with E-state index in [1.165, 1.54) is 0 Å². The van der Waals surface area contributed by atoms with E-state index >= 15 is 0 Å². The normalized spacial score (nSPS) is 23.8. The second-order valence-corrected chi connectivity index (χ2v) is 6.12. The monoisotopic (exact) mass is 292 g/mol. The molecular weight excluding hydrogens is 268 g/mol. The van der Waals surface area contributed by atoms with Gasteiger partial charge in [0.1, 0.15) is 0 Å². The molecule has 0 spiro atoms. The van der Waals surface area contributed by atoms with Gasteiger partial charge in [-0.3, -0.25) is 10.1 Å². The van der Waals surface area contributed by atoms with E-state index in [1.54, 1.807) is 19.1 Å². The van der Waals surface area contributed by atoms with Gasteiger partial charge >= 0.3 is 0 Å². The lowest BCUT2D eigenvalue weighted by Crippen LogP contribution is -2.30. The third-order valence-electron chi connectivity index (χ3n) is 4.40. The van der Waals surface area contributed by atoms with Gasteiger partial charge in [0.2, 0.25) is 0 Å². The zero-order chi connectivity index (χ0) is 15.4. The summed E-state index contributed by atoms with van der Waals surface area (Å²) in [5, 5.41) is 24.1. The molecule has 5 heteroatoms. The second kappa shape index (κ2) is 7.00. The number of hydrogen-bond donors (Lipinski definition) is 2. The van der Waals surface area contributed by atoms with E-state index in [2.05, 4.69) is 5.32 Å². The van der Waals surface area contributed by atoms with Crippen molar-refractivity contribution in [3.05, 3.63) is 39.4 Å². The standard InChI is InChI=1S/C16H24N2O3/c1-11-6-7-14(9-16(11)18(20)21)12(2)17-10-13-4-3-5-15(19)8-13/h6-7,9,12-13,15,17,19H,3-5,8,10H2,1-2H3. The van der Waals surface area contributed by atoms with Gasteiger partial charge in [0.05, 0.1) is 11.0 Å². The van der Waals surface area contributed by atoms with Crippen molar-refractivity contribution in [1.82, 2.24) is 5.32 Å². The molecule has 0 amide bonds. The van der Waals surface area contributed by atoms with Crippen LogP contribution in [-0.2, 0) is 0 Å². The van der Waals surface area contributed by atoms with Crippen molar-refractivity contribution in [3.63, 3.8) is 0 Å². The summed E-state index contributed by atoms with van der Waals surface area (Å²) in [5.41, 5.74) is 1.80. The minimum Gasteiger partial charge on any atom is -0.393 e. The van der Waals surface area contributed by atoms with Crippen molar-refractivity contribution >= 4 is 5.69 Å². The fraction of sp³-hybridized carbons (Fsp3) is 0.625. The predicted molar refractivity (Wildman–Crippen MR) is 82.2 cm³/mol. The Kier molecular flexibility index (Phi) is 5.31. The summed E-state index contributed by atoms with van der Waals surface area (Å²) >= 11 is 0. The predicted octanol–water partition coefficient (Wildman–Crippen LogP) is 3.10. The number of aliphatic hydroxyl groups is 1. The van der Waals surface area contributed by atoms with Gasteiger partial charge in [-0.1, -0.05) is 18.6 Å². The van der Waals surface area contributed by atoms with Crippen LogP contribution in [0.4, 0.5) is 5.69 Å². The quantitative estimate of drug-likeness (QED) is 0.646. The van der Waals surface area contributed by atoms with Gasteiger partial charge in [0.25, 0.3) is 5.69 Å². The Balaban J connectivity index is 1.95. The number of benzene rings is 1. The molecule has 1 fully saturated rings. The highest BCUT2D eigenvalue weighted by Gasteiger charge is 2.21. The molecule has 0 aromatic heterocycles. The number of aliphatic hydroxyl groups excluding tert-OH is 1. The Hall–Kier alpha value is -1.46. The average molecular weight is 292 g/mol. The Labute approximate surface area is 125 Å². The van der Waals surface area contributed by atoms with E-state index in [0.717, 1.165) is 37.8 Å². The van der Waals surface area contributed by atoms with E-state index in [9.17, 15) is 15.2 Å². The molecular formula is C16H24N2O3. The second-order valence-electron chi connectivity index (χ2n) is 6.12. The Morgan fingerprint density at radius 3 is 2.90 bits per heavy atom. The summed E-state index contributed by atoms with van der Waals surface area (Å²) in [6.45, 7) is 4.62. The van der Waals surface area contributed by atoms with Crippen LogP contribution in [0.2, 0.25) is 0 Å². The lowest BCUT2D eigenvalue weighted by Gasteiger charge is -2.27. The van der Waals surface area contributed by atoms with Gasteiger partial charge in [0.15, 0.2) is 0 Å². The summed E-state index contributed by atoms with van der Waals surface area (Å²) in [6, 6.07) is 5.47. The van der Waals surface area contributed by atoms with Crippen LogP contribution < -0.4 is 5.32 Å². The van der Waals surface area contributed by atoms with Crippen LogP contribution in [0, 0.1) is 23.0 Å². The first-order valence-electron chi connectivity index (χ1n) is 7.63. The molecule has 5 nitrogen and oxygen atoms in total. The first-order chi connectivity index (χ1) is 9.97. The third kappa shape index (κ3) is 4.25. The summed E-state index contributed by atoms with van der Waals surface area (Å²) in [6.07, 6.45) is 3.83. The molecule has 1 aromatic rings. The zero-order valence-corrected chi connectivity index (χ0v) is 12.7. The minimum absolute atomic E-state index is 0.0726. The van der Waals surface area contributed by atoms with E-state index in [-0.39, 0.29) is 22.8 Å². The number of nitro benzene ring substituents is 1. The molecule has 1 saturated carbocycles. The number of aryl methyl sites for hydroxylation is 1. The molecule has 1 aromatic carbocycles. The summed E-state index contributed by atoms with van der Waals surface area (Å²) < 4.78 is 0. The molecule has 0 heterocycles. The molecule has 0 aliphatic heterocycles. The molecule has 0 bridgehead atoms. The molecule has 0 saturated heterocycles. The molecule has 1 aliphatic rings. The average Bonchev–Trinajstić information content (AvgIpc) is 2.45. The van der Waals surface area contributed by atoms with E-state index in [1.807, 2.05) is 13.0 Å². The number of nitrogens with one attached hydrogen (secondary N) is 1. The highest BCUT2D eigenvalue weighted by molar-refractivity contribution is 5.43. The minimum atomic E-state index is -0.330. The Morgan fingerprint density at radius 1 is 1.48 bits per heavy atom. The Bertz CT molecular complexity index is 504. The number of nitrogens with zero attached hydrogens (tertiary/aromatic N) is 1. The number of rotatable bonds is 5. The van der Waals surface area contributed by atoms with Crippen LogP contribution in [-0.4, -0.2) is 22.7 Å². The molecule has 21 heavy (non-hydrogen) atoms. The van der Waals surface area contributed by atoms with E-state index in [4.69, 9.17) is 0 Å². The molecule has 2 rings (SSSR count). The lowest BCUT2D eigenvalue weighted by molar-refractivity contribution is -0.385. The largest absolute Gasteiger partial charge is 0.393 e. The van der Waals surface area contributed by atoms with Gasteiger partial charge in [-0.05, 0) is 51.1 Å². The summed E-state index contributed by atoms with van der Waals surface area (Å²) in [5.74, 6) is 0.497. The molecule has 0 radical (unpaired) electrons. The third-order valence-corrected chi connectivity index (χ3v) is 4.40. The molecule has 116 valence electrons. The van der Waals surface area contributed by atoms with Crippen LogP contribution >= 0.6 is 0 Å². The zero-order valence-electron chi connectivity index (χ0n) is 12.7. The summed E-state index contributed by atoms with van der Waals surface area (Å²) in [7, 11) is 0. The van der Waals surface area contributed by atoms with Crippen LogP contribution in [0.3, 0.4) is 0 Å². The van der Waals surface area contributed by atoms with Gasteiger partial charge in [-0.2, -0.15) is 0 Å². The van der Waals surface area contributed by atoms with Crippen molar-refractivity contribution in [3.8, 4) is 0 Å². The molecule has 1 aliphatic carbocycles. The highest BCUT2D eigenvalue weighted by atomic mass is 16.6. The molecule has 3 unspecified atom stereocenters. The fourth-order valence-electron chi connectivity index (χ4n) is 3.00. The lowest BCUT2D eigenvalue weighted by atomic mass is 9.87. The highest BCUT2D eigenvalue weighted by Crippen LogP contribution is 2.26.